The number of halogens is 2. The molecular weight excluding hydrogens is 749 g/mol. The minimum Gasteiger partial charge on any atom is -0.481 e. The summed E-state index contributed by atoms with van der Waals surface area (Å²) < 4.78 is 1.89. The average Bonchev–Trinajstić information content (AvgIpc) is 3.53. The molecule has 3 N–H and O–H groups in total. The van der Waals surface area contributed by atoms with Gasteiger partial charge in [0.1, 0.15) is 5.69 Å². The van der Waals surface area contributed by atoms with E-state index in [2.05, 4.69) is 39.3 Å². The number of benzene rings is 2. The minimum atomic E-state index is -0.530. The molecule has 6 fully saturated rings. The first-order chi connectivity index (χ1) is 27.0. The third-order valence-electron chi connectivity index (χ3n) is 15.5. The molecule has 8 aliphatic rings. The fourth-order valence-corrected chi connectivity index (χ4v) is 13.6. The molecule has 11 nitrogen and oxygen atoms in total. The number of imidazole rings is 1. The molecule has 288 valence electrons. The Balaban J connectivity index is 0.754. The molecule has 2 aliphatic heterocycles. The molecule has 6 saturated carbocycles. The van der Waals surface area contributed by atoms with E-state index in [0.29, 0.717) is 97.6 Å². The number of fused-ring (bicyclic) bond motifs is 2. The summed E-state index contributed by atoms with van der Waals surface area (Å²) >= 11 is 13.9. The summed E-state index contributed by atoms with van der Waals surface area (Å²) in [4.78, 5) is 53.2. The molecule has 2 aromatic heterocycles. The average molecular weight is 793 g/mol. The van der Waals surface area contributed by atoms with Crippen molar-refractivity contribution in [1.29, 1.82) is 0 Å². The lowest BCUT2D eigenvalue weighted by Gasteiger charge is -3.10. The lowest BCUT2D eigenvalue weighted by Crippen LogP contribution is -3.10. The van der Waals surface area contributed by atoms with E-state index in [9.17, 15) is 19.5 Å². The summed E-state index contributed by atoms with van der Waals surface area (Å²) in [5.41, 5.74) is 6.80. The number of carboxylic acid groups (broad SMARTS) is 1. The number of hydrogen-bond acceptors (Lipinski definition) is 7. The van der Waals surface area contributed by atoms with E-state index in [1.54, 1.807) is 24.4 Å². The number of nitrogens with zero attached hydrogens (tertiary/aromatic N) is 5. The van der Waals surface area contributed by atoms with Gasteiger partial charge in [-0.05, 0) is 103 Å². The van der Waals surface area contributed by atoms with Crippen molar-refractivity contribution >= 4 is 52.4 Å². The molecule has 2 amide bonds. The van der Waals surface area contributed by atoms with Crippen LogP contribution in [0.1, 0.15) is 63.9 Å². The van der Waals surface area contributed by atoms with Crippen LogP contribution in [0.5, 0.6) is 0 Å². The highest BCUT2D eigenvalue weighted by Gasteiger charge is 3.11. The van der Waals surface area contributed by atoms with E-state index in [-0.39, 0.29) is 17.2 Å². The number of pyridine rings is 1. The standard InChI is InChI=1S/C43H43Cl2N7O4/c1-20(2)52-14-10-21-16-27(46-17-22(21)18-52)39(53)48-25-8-4-6-23(36(25)44)24-7-5-9-26(37(24)45)49-40(54)38-47-28-19-51(13-11-29(28)50(38)3)15-12-42-30-33-31(42)35-32(42)34(30)43(33,35)41(55)56/h4-9,16-17,20,30-35H,10-15,18-19H2,1-3H3,(H,48,53)(H,49,54)(H,55,56). The van der Waals surface area contributed by atoms with Gasteiger partial charge in [0.2, 0.25) is 0 Å². The SMILES string of the molecule is CC(C)N1CCc2cc(C(=O)Nc3cccc(-c4cccc(NC(=O)c5nc6c(n5C)CCN(CCC57C8C9C5C5C7C8C95C(=O)O)C6)c4Cl)c3Cl)ncc2C1. The number of rotatable bonds is 10. The van der Waals surface area contributed by atoms with Crippen molar-refractivity contribution in [3.05, 3.63) is 92.7 Å². The summed E-state index contributed by atoms with van der Waals surface area (Å²) in [5, 5.41) is 16.4. The lowest BCUT2D eigenvalue weighted by atomic mass is 8.92. The Labute approximate surface area is 334 Å². The first-order valence-electron chi connectivity index (χ1n) is 19.9. The Hall–Kier alpha value is -4.29. The quantitative estimate of drug-likeness (QED) is 0.163. The van der Waals surface area contributed by atoms with E-state index < -0.39 is 5.97 Å². The molecule has 6 aliphatic carbocycles. The van der Waals surface area contributed by atoms with E-state index in [1.807, 2.05) is 35.9 Å². The van der Waals surface area contributed by atoms with E-state index >= 15 is 0 Å². The van der Waals surface area contributed by atoms with Gasteiger partial charge < -0.3 is 20.3 Å². The Bertz CT molecular complexity index is 2370. The molecule has 0 spiro atoms. The normalized spacial score (nSPS) is 31.1. The highest BCUT2D eigenvalue weighted by Crippen LogP contribution is 3.10. The number of aliphatic carboxylic acids is 1. The van der Waals surface area contributed by atoms with Crippen LogP contribution in [0, 0.1) is 46.3 Å². The topological polar surface area (TPSA) is 133 Å². The molecular formula is C43H43Cl2N7O4. The molecule has 0 bridgehead atoms. The van der Waals surface area contributed by atoms with Crippen molar-refractivity contribution < 1.29 is 19.5 Å². The summed E-state index contributed by atoms with van der Waals surface area (Å²) in [6.07, 6.45) is 4.63. The summed E-state index contributed by atoms with van der Waals surface area (Å²) in [5.74, 6) is 2.48. The summed E-state index contributed by atoms with van der Waals surface area (Å²) in [7, 11) is 1.89. The molecule has 0 saturated heterocycles. The van der Waals surface area contributed by atoms with Gasteiger partial charge in [-0.3, -0.25) is 29.2 Å². The number of aromatic nitrogens is 3. The maximum atomic E-state index is 13.8. The molecule has 0 unspecified atom stereocenters. The maximum Gasteiger partial charge on any atom is 0.310 e. The van der Waals surface area contributed by atoms with Gasteiger partial charge in [0, 0.05) is 68.7 Å². The largest absolute Gasteiger partial charge is 0.481 e. The zero-order chi connectivity index (χ0) is 38.6. The van der Waals surface area contributed by atoms with E-state index in [4.69, 9.17) is 28.2 Å². The third-order valence-corrected chi connectivity index (χ3v) is 16.3. The van der Waals surface area contributed by atoms with Crippen molar-refractivity contribution in [2.75, 3.05) is 30.3 Å². The minimum absolute atomic E-state index is 0.312. The van der Waals surface area contributed by atoms with Gasteiger partial charge in [0.05, 0.1) is 32.5 Å². The number of carbonyl (C=O) groups excluding carboxylic acids is 2. The van der Waals surface area contributed by atoms with Crippen LogP contribution < -0.4 is 10.6 Å². The van der Waals surface area contributed by atoms with E-state index in [0.717, 1.165) is 68.0 Å². The second-order valence-electron chi connectivity index (χ2n) is 17.6. The summed E-state index contributed by atoms with van der Waals surface area (Å²) in [6.45, 7) is 8.73. The van der Waals surface area contributed by atoms with Crippen molar-refractivity contribution in [3.8, 4) is 11.1 Å². The molecule has 0 radical (unpaired) electrons. The first-order valence-corrected chi connectivity index (χ1v) is 20.6. The Morgan fingerprint density at radius 1 is 0.875 bits per heavy atom. The smallest absolute Gasteiger partial charge is 0.310 e. The van der Waals surface area contributed by atoms with Gasteiger partial charge in [-0.1, -0.05) is 47.5 Å². The highest BCUT2D eigenvalue weighted by molar-refractivity contribution is 6.40. The van der Waals surface area contributed by atoms with Gasteiger partial charge >= 0.3 is 5.97 Å². The predicted octanol–water partition coefficient (Wildman–Crippen LogP) is 6.63. The van der Waals surface area contributed by atoms with Crippen LogP contribution in [0.4, 0.5) is 11.4 Å². The third kappa shape index (κ3) is 4.24. The molecule has 56 heavy (non-hydrogen) atoms. The highest BCUT2D eigenvalue weighted by atomic mass is 35.5. The zero-order valence-electron chi connectivity index (χ0n) is 31.5. The fourth-order valence-electron chi connectivity index (χ4n) is 13.1. The lowest BCUT2D eigenvalue weighted by molar-refractivity contribution is -0.644. The van der Waals surface area contributed by atoms with Crippen LogP contribution in [0.15, 0.2) is 48.7 Å². The van der Waals surface area contributed by atoms with Crippen LogP contribution in [0.2, 0.25) is 10.0 Å². The second kappa shape index (κ2) is 11.9. The first kappa shape index (κ1) is 34.9. The molecule has 0 atom stereocenters. The van der Waals surface area contributed by atoms with Crippen molar-refractivity contribution in [1.82, 2.24) is 24.3 Å². The number of anilines is 2. The Morgan fingerprint density at radius 2 is 1.52 bits per heavy atom. The molecule has 2 aromatic carbocycles. The number of amides is 2. The maximum absolute atomic E-state index is 13.8. The van der Waals surface area contributed by atoms with Crippen LogP contribution >= 0.6 is 23.2 Å². The van der Waals surface area contributed by atoms with Gasteiger partial charge in [0.15, 0.2) is 5.82 Å². The van der Waals surface area contributed by atoms with Gasteiger partial charge in [0.25, 0.3) is 11.8 Å². The molecule has 13 heteroatoms. The van der Waals surface area contributed by atoms with Gasteiger partial charge in [-0.25, -0.2) is 4.98 Å². The second-order valence-corrected chi connectivity index (χ2v) is 18.3. The van der Waals surface area contributed by atoms with Crippen LogP contribution in [-0.4, -0.2) is 72.9 Å². The predicted molar refractivity (Wildman–Crippen MR) is 212 cm³/mol. The Morgan fingerprint density at radius 3 is 2.14 bits per heavy atom. The van der Waals surface area contributed by atoms with E-state index in [1.165, 1.54) is 0 Å². The number of nitrogens with one attached hydrogen (secondary N) is 2. The zero-order valence-corrected chi connectivity index (χ0v) is 33.0. The van der Waals surface area contributed by atoms with Crippen LogP contribution in [-0.2, 0) is 37.8 Å². The van der Waals surface area contributed by atoms with Gasteiger partial charge in [-0.15, -0.1) is 0 Å². The molecule has 4 heterocycles. The Kier molecular flexibility index (Phi) is 7.41. The molecule has 12 rings (SSSR count). The van der Waals surface area contributed by atoms with Gasteiger partial charge in [-0.2, -0.15) is 0 Å². The fraction of sp³-hybridized carbons (Fsp3) is 0.465. The number of carbonyl (C=O) groups is 3. The summed E-state index contributed by atoms with van der Waals surface area (Å²) in [6, 6.07) is 13.1. The number of carboxylic acids is 1. The van der Waals surface area contributed by atoms with Crippen molar-refractivity contribution in [2.24, 2.45) is 53.4 Å². The van der Waals surface area contributed by atoms with Crippen LogP contribution in [0.3, 0.4) is 0 Å². The van der Waals surface area contributed by atoms with Crippen molar-refractivity contribution in [3.63, 3.8) is 0 Å². The van der Waals surface area contributed by atoms with Crippen molar-refractivity contribution in [2.45, 2.75) is 52.2 Å². The monoisotopic (exact) mass is 791 g/mol. The number of hydrogen-bond donors (Lipinski definition) is 3. The molecule has 4 aromatic rings. The van der Waals surface area contributed by atoms with Crippen LogP contribution in [0.25, 0.3) is 11.1 Å².